The van der Waals surface area contributed by atoms with Gasteiger partial charge in [-0.15, -0.1) is 0 Å². The van der Waals surface area contributed by atoms with Crippen LogP contribution in [0.5, 0.6) is 0 Å². The van der Waals surface area contributed by atoms with Crippen LogP contribution < -0.4 is 0 Å². The highest BCUT2D eigenvalue weighted by molar-refractivity contribution is 5.51. The average Bonchev–Trinajstić information content (AvgIpc) is 3.35. The highest BCUT2D eigenvalue weighted by Crippen LogP contribution is 2.38. The molecule has 4 heterocycles. The van der Waals surface area contributed by atoms with E-state index in [-0.39, 0.29) is 5.41 Å². The summed E-state index contributed by atoms with van der Waals surface area (Å²) < 4.78 is 13.0. The molecule has 0 bridgehead atoms. The largest absolute Gasteiger partial charge is 0.385 e. The van der Waals surface area contributed by atoms with Crippen LogP contribution in [0, 0.1) is 6.92 Å². The molecule has 0 spiro atoms. The van der Waals surface area contributed by atoms with Gasteiger partial charge in [0.2, 0.25) is 0 Å². The lowest BCUT2D eigenvalue weighted by atomic mass is 9.75. The first-order valence-electron chi connectivity index (χ1n) is 10.0. The van der Waals surface area contributed by atoms with E-state index in [0.29, 0.717) is 12.5 Å². The summed E-state index contributed by atoms with van der Waals surface area (Å²) in [6.07, 6.45) is 6.31. The molecule has 0 saturated carbocycles. The topological polar surface area (TPSA) is 82.1 Å². The third-order valence-electron chi connectivity index (χ3n) is 5.91. The Morgan fingerprint density at radius 2 is 1.97 bits per heavy atom. The number of piperidine rings is 1. The third kappa shape index (κ3) is 4.23. The molecule has 8 nitrogen and oxygen atoms in total. The van der Waals surface area contributed by atoms with Crippen LogP contribution in [0.3, 0.4) is 0 Å². The molecule has 0 N–H and O–H groups in total. The number of nitrogens with zero attached hydrogens (tertiary/aromatic N) is 6. The Bertz CT molecular complexity index is 928. The molecule has 8 heteroatoms. The summed E-state index contributed by atoms with van der Waals surface area (Å²) in [5, 5.41) is 8.83. The van der Waals surface area contributed by atoms with Crippen molar-refractivity contribution in [1.29, 1.82) is 0 Å². The number of rotatable bonds is 7. The SMILES string of the molecule is COCCC1(c2noc(-c3ccncc3)n2)CCN(Cc2cc(C)nn2C)CC1. The van der Waals surface area contributed by atoms with Crippen molar-refractivity contribution in [3.05, 3.63) is 47.8 Å². The van der Waals surface area contributed by atoms with Gasteiger partial charge in [-0.1, -0.05) is 5.16 Å². The van der Waals surface area contributed by atoms with E-state index in [0.717, 1.165) is 56.0 Å². The fourth-order valence-corrected chi connectivity index (χ4v) is 4.11. The molecular formula is C21H28N6O2. The van der Waals surface area contributed by atoms with Crippen LogP contribution in [-0.4, -0.2) is 56.6 Å². The molecule has 1 saturated heterocycles. The predicted molar refractivity (Wildman–Crippen MR) is 108 cm³/mol. The van der Waals surface area contributed by atoms with E-state index in [1.807, 2.05) is 30.8 Å². The number of hydrogen-bond donors (Lipinski definition) is 0. The Labute approximate surface area is 170 Å². The summed E-state index contributed by atoms with van der Waals surface area (Å²) in [5.74, 6) is 1.34. The minimum atomic E-state index is -0.121. The van der Waals surface area contributed by atoms with Gasteiger partial charge in [0, 0.05) is 50.7 Å². The Morgan fingerprint density at radius 1 is 1.21 bits per heavy atom. The van der Waals surface area contributed by atoms with Gasteiger partial charge in [-0.2, -0.15) is 10.1 Å². The highest BCUT2D eigenvalue weighted by Gasteiger charge is 2.40. The minimum Gasteiger partial charge on any atom is -0.385 e. The van der Waals surface area contributed by atoms with Crippen molar-refractivity contribution in [3.63, 3.8) is 0 Å². The molecule has 0 radical (unpaired) electrons. The van der Waals surface area contributed by atoms with Gasteiger partial charge in [0.15, 0.2) is 5.82 Å². The molecule has 0 unspecified atom stereocenters. The molecule has 0 aromatic carbocycles. The van der Waals surface area contributed by atoms with Crippen molar-refractivity contribution >= 4 is 0 Å². The zero-order valence-electron chi connectivity index (χ0n) is 17.3. The number of likely N-dealkylation sites (tertiary alicyclic amines) is 1. The summed E-state index contributed by atoms with van der Waals surface area (Å²) >= 11 is 0. The standard InChI is InChI=1S/C21H28N6O2/c1-16-14-18(26(2)24-16)15-27-11-6-21(7-12-27,8-13-28-3)20-23-19(29-25-20)17-4-9-22-10-5-17/h4-5,9-10,14H,6-8,11-13,15H2,1-3H3. The predicted octanol–water partition coefficient (Wildman–Crippen LogP) is 2.74. The van der Waals surface area contributed by atoms with Gasteiger partial charge in [0.05, 0.1) is 11.4 Å². The van der Waals surface area contributed by atoms with Gasteiger partial charge >= 0.3 is 0 Å². The molecule has 1 aliphatic rings. The molecule has 3 aromatic rings. The fourth-order valence-electron chi connectivity index (χ4n) is 4.11. The summed E-state index contributed by atoms with van der Waals surface area (Å²) in [6, 6.07) is 5.93. The molecule has 0 atom stereocenters. The van der Waals surface area contributed by atoms with Crippen LogP contribution in [0.1, 0.15) is 36.5 Å². The molecule has 154 valence electrons. The zero-order chi connectivity index (χ0) is 20.3. The normalized spacial score (nSPS) is 16.9. The highest BCUT2D eigenvalue weighted by atomic mass is 16.5. The van der Waals surface area contributed by atoms with E-state index >= 15 is 0 Å². The number of hydrogen-bond acceptors (Lipinski definition) is 7. The number of ether oxygens (including phenoxy) is 1. The van der Waals surface area contributed by atoms with Gasteiger partial charge in [0.1, 0.15) is 0 Å². The smallest absolute Gasteiger partial charge is 0.258 e. The van der Waals surface area contributed by atoms with Crippen LogP contribution in [-0.2, 0) is 23.7 Å². The van der Waals surface area contributed by atoms with E-state index in [1.165, 1.54) is 5.69 Å². The Kier molecular flexibility index (Phi) is 5.73. The molecule has 0 amide bonds. The summed E-state index contributed by atoms with van der Waals surface area (Å²) in [5.41, 5.74) is 3.07. The van der Waals surface area contributed by atoms with Crippen LogP contribution in [0.4, 0.5) is 0 Å². The average molecular weight is 396 g/mol. The van der Waals surface area contributed by atoms with E-state index in [9.17, 15) is 0 Å². The van der Waals surface area contributed by atoms with Crippen molar-refractivity contribution in [3.8, 4) is 11.5 Å². The summed E-state index contributed by atoms with van der Waals surface area (Å²) in [4.78, 5) is 11.3. The third-order valence-corrected chi connectivity index (χ3v) is 5.91. The number of aryl methyl sites for hydroxylation is 2. The maximum atomic E-state index is 5.60. The molecule has 29 heavy (non-hydrogen) atoms. The van der Waals surface area contributed by atoms with E-state index in [4.69, 9.17) is 14.2 Å². The van der Waals surface area contributed by atoms with Gasteiger partial charge in [0.25, 0.3) is 5.89 Å². The quantitative estimate of drug-likeness (QED) is 0.607. The first-order chi connectivity index (χ1) is 14.1. The first kappa shape index (κ1) is 19.7. The van der Waals surface area contributed by atoms with Crippen molar-refractivity contribution in [2.45, 2.75) is 38.1 Å². The van der Waals surface area contributed by atoms with Crippen molar-refractivity contribution in [2.24, 2.45) is 7.05 Å². The lowest BCUT2D eigenvalue weighted by Gasteiger charge is -2.39. The van der Waals surface area contributed by atoms with Gasteiger partial charge in [-0.25, -0.2) is 0 Å². The molecule has 4 rings (SSSR count). The van der Waals surface area contributed by atoms with E-state index in [1.54, 1.807) is 19.5 Å². The van der Waals surface area contributed by atoms with Gasteiger partial charge < -0.3 is 9.26 Å². The van der Waals surface area contributed by atoms with Crippen LogP contribution in [0.15, 0.2) is 35.1 Å². The van der Waals surface area contributed by atoms with Crippen molar-refractivity contribution in [2.75, 3.05) is 26.8 Å². The first-order valence-corrected chi connectivity index (χ1v) is 10.0. The van der Waals surface area contributed by atoms with Crippen LogP contribution in [0.2, 0.25) is 0 Å². The molecule has 0 aliphatic carbocycles. The lowest BCUT2D eigenvalue weighted by Crippen LogP contribution is -2.43. The molecule has 3 aromatic heterocycles. The molecular weight excluding hydrogens is 368 g/mol. The monoisotopic (exact) mass is 396 g/mol. The number of pyridine rings is 1. The van der Waals surface area contributed by atoms with Crippen LogP contribution >= 0.6 is 0 Å². The summed E-state index contributed by atoms with van der Waals surface area (Å²) in [7, 11) is 3.75. The van der Waals surface area contributed by atoms with Crippen LogP contribution in [0.25, 0.3) is 11.5 Å². The zero-order valence-corrected chi connectivity index (χ0v) is 17.3. The second kappa shape index (κ2) is 8.42. The Morgan fingerprint density at radius 3 is 2.62 bits per heavy atom. The van der Waals surface area contributed by atoms with Gasteiger partial charge in [-0.05, 0) is 57.5 Å². The lowest BCUT2D eigenvalue weighted by molar-refractivity contribution is 0.102. The minimum absolute atomic E-state index is 0.121. The molecule has 1 fully saturated rings. The maximum Gasteiger partial charge on any atom is 0.258 e. The number of methoxy groups -OCH3 is 1. The molecule has 1 aliphatic heterocycles. The van der Waals surface area contributed by atoms with Gasteiger partial charge in [-0.3, -0.25) is 14.6 Å². The Hall–Kier alpha value is -2.58. The second-order valence-electron chi connectivity index (χ2n) is 7.86. The fraction of sp³-hybridized carbons (Fsp3) is 0.524. The number of aromatic nitrogens is 5. The second-order valence-corrected chi connectivity index (χ2v) is 7.86. The van der Waals surface area contributed by atoms with Crippen molar-refractivity contribution in [1.82, 2.24) is 29.8 Å². The van der Waals surface area contributed by atoms with E-state index in [2.05, 4.69) is 26.2 Å². The van der Waals surface area contributed by atoms with E-state index < -0.39 is 0 Å². The summed E-state index contributed by atoms with van der Waals surface area (Å²) in [6.45, 7) is 5.58. The Balaban J connectivity index is 1.50. The van der Waals surface area contributed by atoms with Crippen molar-refractivity contribution < 1.29 is 9.26 Å². The maximum absolute atomic E-state index is 5.60.